The Morgan fingerprint density at radius 1 is 1.41 bits per heavy atom. The van der Waals surface area contributed by atoms with Crippen molar-refractivity contribution in [2.75, 3.05) is 53.4 Å². The number of likely N-dealkylation sites (N-methyl/N-ethyl adjacent to an activating group) is 1. The fourth-order valence-corrected chi connectivity index (χ4v) is 4.40. The second kappa shape index (κ2) is 10.0. The summed E-state index contributed by atoms with van der Waals surface area (Å²) in [5.74, 6) is 0.694. The Labute approximate surface area is 162 Å². The van der Waals surface area contributed by atoms with Gasteiger partial charge in [0.05, 0.1) is 5.69 Å². The van der Waals surface area contributed by atoms with Crippen LogP contribution in [0.1, 0.15) is 26.0 Å². The van der Waals surface area contributed by atoms with Gasteiger partial charge in [-0.05, 0) is 20.4 Å². The maximum atomic E-state index is 12.5. The number of piperazine rings is 1. The van der Waals surface area contributed by atoms with Crippen LogP contribution < -0.4 is 5.32 Å². The number of nitrogens with zero attached hydrogens (tertiary/aromatic N) is 5. The zero-order chi connectivity index (χ0) is 19.9. The van der Waals surface area contributed by atoms with Gasteiger partial charge in [-0.3, -0.25) is 4.99 Å². The molecule has 0 amide bonds. The summed E-state index contributed by atoms with van der Waals surface area (Å²) in [4.78, 5) is 8.76. The van der Waals surface area contributed by atoms with Crippen LogP contribution in [0, 0.1) is 0 Å². The molecule has 0 aromatic carbocycles. The van der Waals surface area contributed by atoms with Crippen LogP contribution in [0.2, 0.25) is 0 Å². The standard InChI is InChI=1S/C17H32N6O3S/c1-5-15(2)21(4)8-7-19-17(18-3)22-9-11-23(12-10-22)27(24,25)14-16-6-13-26-20-16/h6,13,15H,5,7-12,14H2,1-4H3,(H,18,19). The largest absolute Gasteiger partial charge is 0.364 e. The Morgan fingerprint density at radius 2 is 2.11 bits per heavy atom. The molecule has 1 aliphatic heterocycles. The van der Waals surface area contributed by atoms with Crippen molar-refractivity contribution in [3.63, 3.8) is 0 Å². The molecule has 1 aromatic rings. The maximum Gasteiger partial charge on any atom is 0.220 e. The number of rotatable bonds is 8. The van der Waals surface area contributed by atoms with Crippen molar-refractivity contribution in [2.45, 2.75) is 32.1 Å². The van der Waals surface area contributed by atoms with Gasteiger partial charge in [0.15, 0.2) is 5.96 Å². The smallest absolute Gasteiger partial charge is 0.220 e. The van der Waals surface area contributed by atoms with Crippen molar-refractivity contribution < 1.29 is 12.9 Å². The van der Waals surface area contributed by atoms with E-state index in [1.165, 1.54) is 10.6 Å². The highest BCUT2D eigenvalue weighted by atomic mass is 32.2. The molecule has 154 valence electrons. The van der Waals surface area contributed by atoms with E-state index < -0.39 is 10.0 Å². The third kappa shape index (κ3) is 6.18. The summed E-state index contributed by atoms with van der Waals surface area (Å²) in [7, 11) is 0.495. The first kappa shape index (κ1) is 21.6. The molecule has 0 saturated carbocycles. The van der Waals surface area contributed by atoms with E-state index >= 15 is 0 Å². The predicted octanol–water partition coefficient (Wildman–Crippen LogP) is 0.428. The molecule has 1 aromatic heterocycles. The molecule has 1 atom stereocenters. The van der Waals surface area contributed by atoms with Crippen LogP contribution in [0.4, 0.5) is 0 Å². The van der Waals surface area contributed by atoms with Gasteiger partial charge in [-0.2, -0.15) is 4.31 Å². The molecule has 2 rings (SSSR count). The van der Waals surface area contributed by atoms with Gasteiger partial charge in [-0.1, -0.05) is 12.1 Å². The zero-order valence-electron chi connectivity index (χ0n) is 16.8. The summed E-state index contributed by atoms with van der Waals surface area (Å²) in [6.07, 6.45) is 2.51. The number of sulfonamides is 1. The predicted molar refractivity (Wildman–Crippen MR) is 106 cm³/mol. The molecule has 0 radical (unpaired) electrons. The first-order chi connectivity index (χ1) is 12.9. The minimum Gasteiger partial charge on any atom is -0.364 e. The fraction of sp³-hybridized carbons (Fsp3) is 0.765. The van der Waals surface area contributed by atoms with E-state index in [0.29, 0.717) is 37.9 Å². The number of aliphatic imine (C=N–C) groups is 1. The monoisotopic (exact) mass is 400 g/mol. The zero-order valence-corrected chi connectivity index (χ0v) is 17.6. The van der Waals surface area contributed by atoms with E-state index in [2.05, 4.69) is 46.2 Å². The second-order valence-corrected chi connectivity index (χ2v) is 8.81. The van der Waals surface area contributed by atoms with E-state index in [4.69, 9.17) is 4.52 Å². The number of nitrogens with one attached hydrogen (secondary N) is 1. The Hall–Kier alpha value is -1.65. The highest BCUT2D eigenvalue weighted by Gasteiger charge is 2.28. The Morgan fingerprint density at radius 3 is 2.67 bits per heavy atom. The molecule has 1 N–H and O–H groups in total. The number of guanidine groups is 1. The van der Waals surface area contributed by atoms with Crippen molar-refractivity contribution in [3.8, 4) is 0 Å². The van der Waals surface area contributed by atoms with Gasteiger partial charge in [-0.25, -0.2) is 8.42 Å². The summed E-state index contributed by atoms with van der Waals surface area (Å²) in [5, 5.41) is 7.08. The molecule has 1 unspecified atom stereocenters. The first-order valence-electron chi connectivity index (χ1n) is 9.40. The third-order valence-corrected chi connectivity index (χ3v) is 6.87. The van der Waals surface area contributed by atoms with E-state index in [9.17, 15) is 8.42 Å². The van der Waals surface area contributed by atoms with Gasteiger partial charge in [-0.15, -0.1) is 0 Å². The fourth-order valence-electron chi connectivity index (χ4n) is 2.98. The van der Waals surface area contributed by atoms with Crippen LogP contribution in [0.3, 0.4) is 0 Å². The molecular weight excluding hydrogens is 368 g/mol. The molecule has 0 bridgehead atoms. The molecular formula is C17H32N6O3S. The molecule has 2 heterocycles. The normalized spacial score (nSPS) is 18.1. The molecule has 1 aliphatic rings. The van der Waals surface area contributed by atoms with Gasteiger partial charge in [0, 0.05) is 58.4 Å². The highest BCUT2D eigenvalue weighted by Crippen LogP contribution is 2.12. The molecule has 0 spiro atoms. The van der Waals surface area contributed by atoms with Crippen molar-refractivity contribution in [1.29, 1.82) is 0 Å². The van der Waals surface area contributed by atoms with E-state index in [-0.39, 0.29) is 5.75 Å². The van der Waals surface area contributed by atoms with E-state index in [0.717, 1.165) is 25.5 Å². The summed E-state index contributed by atoms with van der Waals surface area (Å²) in [6, 6.07) is 2.13. The SMILES string of the molecule is CCC(C)N(C)CCNC(=NC)N1CCN(S(=O)(=O)Cc2ccon2)CC1. The third-order valence-electron chi connectivity index (χ3n) is 5.06. The lowest BCUT2D eigenvalue weighted by Gasteiger charge is -2.36. The lowest BCUT2D eigenvalue weighted by atomic mass is 10.2. The Kier molecular flexibility index (Phi) is 8.06. The second-order valence-electron chi connectivity index (χ2n) is 6.84. The molecule has 0 aliphatic carbocycles. The van der Waals surface area contributed by atoms with Crippen molar-refractivity contribution in [2.24, 2.45) is 4.99 Å². The summed E-state index contributed by atoms with van der Waals surface area (Å²) in [5.41, 5.74) is 0.431. The summed E-state index contributed by atoms with van der Waals surface area (Å²) >= 11 is 0. The van der Waals surface area contributed by atoms with Crippen LogP contribution in [-0.4, -0.2) is 93.0 Å². The van der Waals surface area contributed by atoms with Crippen LogP contribution in [0.5, 0.6) is 0 Å². The number of hydrogen-bond donors (Lipinski definition) is 1. The van der Waals surface area contributed by atoms with Crippen molar-refractivity contribution in [1.82, 2.24) is 24.6 Å². The average Bonchev–Trinajstić information content (AvgIpc) is 3.16. The van der Waals surface area contributed by atoms with E-state index in [1.54, 1.807) is 13.1 Å². The van der Waals surface area contributed by atoms with Gasteiger partial charge >= 0.3 is 0 Å². The molecule has 1 saturated heterocycles. The quantitative estimate of drug-likeness (QED) is 0.499. The van der Waals surface area contributed by atoms with Gasteiger partial charge in [0.25, 0.3) is 0 Å². The van der Waals surface area contributed by atoms with Crippen LogP contribution in [0.15, 0.2) is 21.8 Å². The van der Waals surface area contributed by atoms with Gasteiger partial charge < -0.3 is 19.6 Å². The Balaban J connectivity index is 1.81. The number of aromatic nitrogens is 1. The highest BCUT2D eigenvalue weighted by molar-refractivity contribution is 7.88. The van der Waals surface area contributed by atoms with Crippen LogP contribution in [0.25, 0.3) is 0 Å². The maximum absolute atomic E-state index is 12.5. The number of hydrogen-bond acceptors (Lipinski definition) is 6. The van der Waals surface area contributed by atoms with E-state index in [1.807, 2.05) is 0 Å². The lowest BCUT2D eigenvalue weighted by molar-refractivity contribution is 0.246. The summed E-state index contributed by atoms with van der Waals surface area (Å²) < 4.78 is 31.3. The molecule has 10 heteroatoms. The van der Waals surface area contributed by atoms with Crippen molar-refractivity contribution >= 4 is 16.0 Å². The lowest BCUT2D eigenvalue weighted by Crippen LogP contribution is -2.54. The average molecular weight is 401 g/mol. The first-order valence-corrected chi connectivity index (χ1v) is 11.0. The summed E-state index contributed by atoms with van der Waals surface area (Å²) in [6.45, 7) is 8.23. The molecule has 9 nitrogen and oxygen atoms in total. The van der Waals surface area contributed by atoms with Gasteiger partial charge in [0.2, 0.25) is 10.0 Å². The van der Waals surface area contributed by atoms with Crippen LogP contribution in [-0.2, 0) is 15.8 Å². The minimum absolute atomic E-state index is 0.127. The minimum atomic E-state index is -3.39. The topological polar surface area (TPSA) is 94.3 Å². The van der Waals surface area contributed by atoms with Gasteiger partial charge in [0.1, 0.15) is 12.0 Å². The van der Waals surface area contributed by atoms with Crippen LogP contribution >= 0.6 is 0 Å². The molecule has 27 heavy (non-hydrogen) atoms. The Bertz CT molecular complexity index is 684. The molecule has 1 fully saturated rings. The van der Waals surface area contributed by atoms with Crippen molar-refractivity contribution in [3.05, 3.63) is 18.0 Å².